The second kappa shape index (κ2) is 8.14. The van der Waals surface area contributed by atoms with Crippen LogP contribution in [0.3, 0.4) is 0 Å². The van der Waals surface area contributed by atoms with E-state index in [0.717, 1.165) is 12.3 Å². The van der Waals surface area contributed by atoms with Gasteiger partial charge in [0.15, 0.2) is 0 Å². The van der Waals surface area contributed by atoms with Crippen LogP contribution in [-0.2, 0) is 4.79 Å². The van der Waals surface area contributed by atoms with Gasteiger partial charge in [0.25, 0.3) is 0 Å². The van der Waals surface area contributed by atoms with Gasteiger partial charge in [0.1, 0.15) is 5.78 Å². The average molecular weight is 280 g/mol. The minimum atomic E-state index is 0.450. The third kappa shape index (κ3) is 5.17. The van der Waals surface area contributed by atoms with Crippen molar-refractivity contribution in [2.45, 2.75) is 52.4 Å². The van der Waals surface area contributed by atoms with Crippen molar-refractivity contribution < 1.29 is 4.79 Å². The Morgan fingerprint density at radius 2 is 1.45 bits per heavy atom. The number of hydrogen-bond donors (Lipinski definition) is 0. The van der Waals surface area contributed by atoms with E-state index in [4.69, 9.17) is 0 Å². The Morgan fingerprint density at radius 3 is 1.95 bits per heavy atom. The summed E-state index contributed by atoms with van der Waals surface area (Å²) in [6.45, 7) is 11.8. The van der Waals surface area contributed by atoms with Crippen LogP contribution in [-0.4, -0.2) is 54.9 Å². The highest BCUT2D eigenvalue weighted by Gasteiger charge is 2.22. The normalized spacial score (nSPS) is 24.1. The third-order valence-electron chi connectivity index (χ3n) is 5.23. The van der Waals surface area contributed by atoms with Crippen molar-refractivity contribution in [2.75, 3.05) is 39.3 Å². The van der Waals surface area contributed by atoms with E-state index in [1.54, 1.807) is 0 Å². The Hall–Kier alpha value is -0.410. The predicted octanol–water partition coefficient (Wildman–Crippen LogP) is 2.80. The molecule has 0 aromatic rings. The Bertz CT molecular complexity index is 289. The number of carbonyl (C=O) groups excluding carboxylic acids is 1. The van der Waals surface area contributed by atoms with Gasteiger partial charge in [-0.25, -0.2) is 0 Å². The van der Waals surface area contributed by atoms with Crippen molar-refractivity contribution in [1.82, 2.24) is 9.80 Å². The molecule has 2 heterocycles. The summed E-state index contributed by atoms with van der Waals surface area (Å²) in [6.07, 6.45) is 6.75. The van der Waals surface area contributed by atoms with Crippen LogP contribution in [0.25, 0.3) is 0 Å². The van der Waals surface area contributed by atoms with E-state index in [2.05, 4.69) is 16.7 Å². The molecule has 0 spiro atoms. The highest BCUT2D eigenvalue weighted by molar-refractivity contribution is 5.78. The van der Waals surface area contributed by atoms with Gasteiger partial charge in [-0.2, -0.15) is 0 Å². The number of ketones is 1. The Labute approximate surface area is 124 Å². The molecule has 2 fully saturated rings. The van der Waals surface area contributed by atoms with E-state index in [-0.39, 0.29) is 0 Å². The van der Waals surface area contributed by atoms with Crippen molar-refractivity contribution >= 4 is 5.78 Å². The highest BCUT2D eigenvalue weighted by atomic mass is 16.1. The number of piperidine rings is 2. The van der Waals surface area contributed by atoms with Crippen molar-refractivity contribution in [3.8, 4) is 0 Å². The van der Waals surface area contributed by atoms with Gasteiger partial charge in [0, 0.05) is 25.9 Å². The topological polar surface area (TPSA) is 23.6 Å². The molecule has 0 unspecified atom stereocenters. The molecule has 3 heteroatoms. The third-order valence-corrected chi connectivity index (χ3v) is 5.23. The fraction of sp³-hybridized carbons (Fsp3) is 0.941. The molecule has 0 aliphatic carbocycles. The maximum Gasteiger partial charge on any atom is 0.132 e. The van der Waals surface area contributed by atoms with Crippen molar-refractivity contribution in [2.24, 2.45) is 11.8 Å². The molecule has 0 atom stereocenters. The molecule has 0 radical (unpaired) electrons. The molecule has 2 aliphatic rings. The molecule has 2 rings (SSSR count). The van der Waals surface area contributed by atoms with E-state index >= 15 is 0 Å². The number of nitrogens with zero attached hydrogens (tertiary/aromatic N) is 2. The molecule has 2 aliphatic heterocycles. The van der Waals surface area contributed by atoms with Crippen LogP contribution in [0.2, 0.25) is 0 Å². The number of Topliss-reactive ketones (excluding diaryl/α,β-unsaturated/α-hetero) is 1. The van der Waals surface area contributed by atoms with Crippen LogP contribution < -0.4 is 0 Å². The second-order valence-corrected chi connectivity index (χ2v) is 6.91. The highest BCUT2D eigenvalue weighted by Crippen LogP contribution is 2.21. The van der Waals surface area contributed by atoms with E-state index in [0.29, 0.717) is 18.1 Å². The summed E-state index contributed by atoms with van der Waals surface area (Å²) in [6, 6.07) is 0. The standard InChI is InChI=1S/C17H32N2O/c1-3-17(20)14-16-6-10-19(11-7-16)13-12-18-8-4-15(2)5-9-18/h15-16H,3-14H2,1-2H3. The first-order chi connectivity index (χ1) is 9.67. The van der Waals surface area contributed by atoms with Gasteiger partial charge in [-0.3, -0.25) is 4.79 Å². The lowest BCUT2D eigenvalue weighted by Crippen LogP contribution is -2.42. The molecular formula is C17H32N2O. The molecule has 0 saturated carbocycles. The lowest BCUT2D eigenvalue weighted by molar-refractivity contribution is -0.120. The molecule has 0 N–H and O–H groups in total. The summed E-state index contributed by atoms with van der Waals surface area (Å²) in [5, 5.41) is 0. The van der Waals surface area contributed by atoms with Crippen LogP contribution >= 0.6 is 0 Å². The average Bonchev–Trinajstić information content (AvgIpc) is 2.48. The summed E-state index contributed by atoms with van der Waals surface area (Å²) >= 11 is 0. The summed E-state index contributed by atoms with van der Waals surface area (Å²) < 4.78 is 0. The van der Waals surface area contributed by atoms with E-state index < -0.39 is 0 Å². The molecule has 3 nitrogen and oxygen atoms in total. The fourth-order valence-corrected chi connectivity index (χ4v) is 3.45. The molecule has 20 heavy (non-hydrogen) atoms. The minimum Gasteiger partial charge on any atom is -0.302 e. The van der Waals surface area contributed by atoms with Crippen LogP contribution in [0.1, 0.15) is 52.4 Å². The van der Waals surface area contributed by atoms with Gasteiger partial charge >= 0.3 is 0 Å². The van der Waals surface area contributed by atoms with Crippen molar-refractivity contribution in [3.05, 3.63) is 0 Å². The summed E-state index contributed by atoms with van der Waals surface area (Å²) in [7, 11) is 0. The lowest BCUT2D eigenvalue weighted by atomic mass is 9.91. The first-order valence-electron chi connectivity index (χ1n) is 8.63. The zero-order valence-electron chi connectivity index (χ0n) is 13.4. The van der Waals surface area contributed by atoms with Crippen molar-refractivity contribution in [3.63, 3.8) is 0 Å². The van der Waals surface area contributed by atoms with Crippen LogP contribution in [0.15, 0.2) is 0 Å². The first-order valence-corrected chi connectivity index (χ1v) is 8.63. The van der Waals surface area contributed by atoms with E-state index in [1.807, 2.05) is 6.92 Å². The van der Waals surface area contributed by atoms with Gasteiger partial charge < -0.3 is 9.80 Å². The van der Waals surface area contributed by atoms with Crippen LogP contribution in [0, 0.1) is 11.8 Å². The first kappa shape index (κ1) is 16.0. The fourth-order valence-electron chi connectivity index (χ4n) is 3.45. The smallest absolute Gasteiger partial charge is 0.132 e. The maximum absolute atomic E-state index is 11.5. The van der Waals surface area contributed by atoms with Crippen LogP contribution in [0.5, 0.6) is 0 Å². The van der Waals surface area contributed by atoms with E-state index in [1.165, 1.54) is 65.0 Å². The summed E-state index contributed by atoms with van der Waals surface area (Å²) in [5.74, 6) is 2.04. The Morgan fingerprint density at radius 1 is 0.950 bits per heavy atom. The largest absolute Gasteiger partial charge is 0.302 e. The number of likely N-dealkylation sites (tertiary alicyclic amines) is 2. The zero-order chi connectivity index (χ0) is 14.4. The molecule has 0 aromatic carbocycles. The number of rotatable bonds is 6. The number of hydrogen-bond acceptors (Lipinski definition) is 3. The minimum absolute atomic E-state index is 0.450. The SMILES string of the molecule is CCC(=O)CC1CCN(CCN2CCC(C)CC2)CC1. The summed E-state index contributed by atoms with van der Waals surface area (Å²) in [5.41, 5.74) is 0. The maximum atomic E-state index is 11.5. The zero-order valence-corrected chi connectivity index (χ0v) is 13.4. The molecule has 116 valence electrons. The predicted molar refractivity (Wildman–Crippen MR) is 83.9 cm³/mol. The number of carbonyl (C=O) groups is 1. The Kier molecular flexibility index (Phi) is 6.50. The second-order valence-electron chi connectivity index (χ2n) is 6.91. The molecule has 0 aromatic heterocycles. The van der Waals surface area contributed by atoms with Gasteiger partial charge in [-0.15, -0.1) is 0 Å². The van der Waals surface area contributed by atoms with Crippen LogP contribution in [0.4, 0.5) is 0 Å². The molecular weight excluding hydrogens is 248 g/mol. The summed E-state index contributed by atoms with van der Waals surface area (Å²) in [4.78, 5) is 16.7. The monoisotopic (exact) mass is 280 g/mol. The quantitative estimate of drug-likeness (QED) is 0.747. The molecule has 0 bridgehead atoms. The molecule has 2 saturated heterocycles. The Balaban J connectivity index is 1.59. The van der Waals surface area contributed by atoms with Crippen molar-refractivity contribution in [1.29, 1.82) is 0 Å². The van der Waals surface area contributed by atoms with Gasteiger partial charge in [-0.1, -0.05) is 13.8 Å². The van der Waals surface area contributed by atoms with Gasteiger partial charge in [0.2, 0.25) is 0 Å². The lowest BCUT2D eigenvalue weighted by Gasteiger charge is -2.35. The van der Waals surface area contributed by atoms with Gasteiger partial charge in [0.05, 0.1) is 0 Å². The molecule has 0 amide bonds. The van der Waals surface area contributed by atoms with Gasteiger partial charge in [-0.05, 0) is 63.7 Å². The van der Waals surface area contributed by atoms with E-state index in [9.17, 15) is 4.79 Å².